The van der Waals surface area contributed by atoms with Crippen molar-refractivity contribution in [3.63, 3.8) is 0 Å². The monoisotopic (exact) mass is 425 g/mol. The number of nitrogens with one attached hydrogen (secondary N) is 1. The van der Waals surface area contributed by atoms with E-state index in [1.807, 2.05) is 0 Å². The van der Waals surface area contributed by atoms with Crippen molar-refractivity contribution < 1.29 is 9.53 Å². The van der Waals surface area contributed by atoms with Crippen LogP contribution in [0.2, 0.25) is 0 Å². The molecule has 1 spiro atoms. The molecule has 0 aliphatic carbocycles. The highest BCUT2D eigenvalue weighted by atomic mass is 16.5. The predicted octanol–water partition coefficient (Wildman–Crippen LogP) is 3.93. The quantitative estimate of drug-likeness (QED) is 0.776. The molecule has 31 heavy (non-hydrogen) atoms. The Morgan fingerprint density at radius 3 is 2.61 bits per heavy atom. The van der Waals surface area contributed by atoms with Crippen molar-refractivity contribution >= 4 is 11.6 Å². The minimum Gasteiger partial charge on any atom is -0.381 e. The number of carbonyl (C=O) groups excluding carboxylic acids is 1. The maximum Gasteiger partial charge on any atom is 0.227 e. The molecule has 4 aliphatic rings. The predicted molar refractivity (Wildman–Crippen MR) is 125 cm³/mol. The van der Waals surface area contributed by atoms with E-state index in [1.165, 1.54) is 56.3 Å². The normalized spacial score (nSPS) is 32.7. The second kappa shape index (κ2) is 9.11. The molecular formula is C26H39N3O2. The molecule has 1 aromatic rings. The van der Waals surface area contributed by atoms with Crippen molar-refractivity contribution in [2.75, 3.05) is 44.3 Å². The first-order valence-corrected chi connectivity index (χ1v) is 12.7. The Kier molecular flexibility index (Phi) is 6.25. The molecule has 1 amide bonds. The third kappa shape index (κ3) is 4.00. The van der Waals surface area contributed by atoms with Gasteiger partial charge in [-0.15, -0.1) is 0 Å². The zero-order chi connectivity index (χ0) is 21.3. The molecule has 0 bridgehead atoms. The molecule has 3 atom stereocenters. The number of ether oxygens (including phenoxy) is 1. The molecule has 3 unspecified atom stereocenters. The van der Waals surface area contributed by atoms with E-state index in [-0.39, 0.29) is 17.2 Å². The third-order valence-electron chi connectivity index (χ3n) is 8.59. The smallest absolute Gasteiger partial charge is 0.227 e. The second-order valence-corrected chi connectivity index (χ2v) is 10.2. The highest BCUT2D eigenvalue weighted by Gasteiger charge is 2.50. The van der Waals surface area contributed by atoms with Gasteiger partial charge in [0.05, 0.1) is 12.0 Å². The number of rotatable bonds is 5. The van der Waals surface area contributed by atoms with Crippen molar-refractivity contribution in [2.24, 2.45) is 5.41 Å². The minimum atomic E-state index is -0.261. The fourth-order valence-electron chi connectivity index (χ4n) is 6.82. The van der Waals surface area contributed by atoms with Crippen LogP contribution in [0.5, 0.6) is 0 Å². The van der Waals surface area contributed by atoms with E-state index < -0.39 is 0 Å². The molecule has 1 aromatic carbocycles. The Morgan fingerprint density at radius 2 is 1.90 bits per heavy atom. The summed E-state index contributed by atoms with van der Waals surface area (Å²) in [4.78, 5) is 18.1. The highest BCUT2D eigenvalue weighted by molar-refractivity contribution is 5.86. The van der Waals surface area contributed by atoms with Crippen molar-refractivity contribution in [2.45, 2.75) is 76.3 Å². The first-order valence-electron chi connectivity index (χ1n) is 12.7. The molecule has 5 rings (SSSR count). The summed E-state index contributed by atoms with van der Waals surface area (Å²) in [6.45, 7) is 8.10. The number of anilines is 1. The molecule has 4 aliphatic heterocycles. The fourth-order valence-corrected chi connectivity index (χ4v) is 6.82. The lowest BCUT2D eigenvalue weighted by molar-refractivity contribution is -0.134. The van der Waals surface area contributed by atoms with Gasteiger partial charge < -0.3 is 15.0 Å². The molecule has 5 heteroatoms. The standard InChI is InChI=1S/C26H39N3O2/c1-2-4-22-5-3-15-29(22)23-10-16-28(17-11-23)21-8-6-20(7-9-21)24-19-31-18-13-26(24)12-14-27-25(26)30/h6-9,22-24H,2-5,10-19H2,1H3,(H,27,30). The van der Waals surface area contributed by atoms with Gasteiger partial charge in [-0.25, -0.2) is 0 Å². The lowest BCUT2D eigenvalue weighted by atomic mass is 9.68. The van der Waals surface area contributed by atoms with Gasteiger partial charge in [-0.2, -0.15) is 0 Å². The van der Waals surface area contributed by atoms with Crippen molar-refractivity contribution in [3.05, 3.63) is 29.8 Å². The molecule has 170 valence electrons. The van der Waals surface area contributed by atoms with Crippen LogP contribution in [0.15, 0.2) is 24.3 Å². The number of hydrogen-bond acceptors (Lipinski definition) is 4. The van der Waals surface area contributed by atoms with E-state index in [1.54, 1.807) is 0 Å². The molecular weight excluding hydrogens is 386 g/mol. The van der Waals surface area contributed by atoms with E-state index in [0.717, 1.165) is 44.6 Å². The second-order valence-electron chi connectivity index (χ2n) is 10.2. The highest BCUT2D eigenvalue weighted by Crippen LogP contribution is 2.47. The van der Waals surface area contributed by atoms with Crippen LogP contribution >= 0.6 is 0 Å². The third-order valence-corrected chi connectivity index (χ3v) is 8.59. The number of nitrogens with zero attached hydrogens (tertiary/aromatic N) is 2. The molecule has 4 fully saturated rings. The number of hydrogen-bond donors (Lipinski definition) is 1. The van der Waals surface area contributed by atoms with Crippen LogP contribution in [0.1, 0.15) is 69.8 Å². The zero-order valence-corrected chi connectivity index (χ0v) is 19.2. The summed E-state index contributed by atoms with van der Waals surface area (Å²) in [7, 11) is 0. The summed E-state index contributed by atoms with van der Waals surface area (Å²) in [5.41, 5.74) is 2.33. The Labute approximate surface area is 187 Å². The topological polar surface area (TPSA) is 44.8 Å². The maximum atomic E-state index is 12.7. The van der Waals surface area contributed by atoms with Gasteiger partial charge in [0, 0.05) is 49.9 Å². The van der Waals surface area contributed by atoms with Gasteiger partial charge in [-0.1, -0.05) is 25.5 Å². The van der Waals surface area contributed by atoms with Gasteiger partial charge in [0.1, 0.15) is 0 Å². The molecule has 0 aromatic heterocycles. The van der Waals surface area contributed by atoms with Crippen LogP contribution in [-0.4, -0.2) is 62.3 Å². The lowest BCUT2D eigenvalue weighted by Gasteiger charge is -2.41. The Bertz CT molecular complexity index is 758. The van der Waals surface area contributed by atoms with E-state index >= 15 is 0 Å². The van der Waals surface area contributed by atoms with Crippen molar-refractivity contribution in [3.8, 4) is 0 Å². The Morgan fingerprint density at radius 1 is 1.10 bits per heavy atom. The van der Waals surface area contributed by atoms with Gasteiger partial charge >= 0.3 is 0 Å². The molecule has 4 heterocycles. The van der Waals surface area contributed by atoms with Crippen molar-refractivity contribution in [1.82, 2.24) is 10.2 Å². The van der Waals surface area contributed by atoms with E-state index in [4.69, 9.17) is 4.74 Å². The van der Waals surface area contributed by atoms with E-state index in [9.17, 15) is 4.79 Å². The number of carbonyl (C=O) groups is 1. The van der Waals surface area contributed by atoms with Crippen LogP contribution in [0.3, 0.4) is 0 Å². The van der Waals surface area contributed by atoms with Gasteiger partial charge in [-0.3, -0.25) is 9.69 Å². The largest absolute Gasteiger partial charge is 0.381 e. The summed E-state index contributed by atoms with van der Waals surface area (Å²) in [6.07, 6.45) is 9.80. The van der Waals surface area contributed by atoms with Crippen molar-refractivity contribution in [1.29, 1.82) is 0 Å². The molecule has 5 nitrogen and oxygen atoms in total. The van der Waals surface area contributed by atoms with Gasteiger partial charge in [-0.05, 0) is 69.2 Å². The molecule has 0 saturated carbocycles. The fraction of sp³-hybridized carbons (Fsp3) is 0.731. The summed E-state index contributed by atoms with van der Waals surface area (Å²) < 4.78 is 5.81. The van der Waals surface area contributed by atoms with Crippen LogP contribution in [0.25, 0.3) is 0 Å². The first-order chi connectivity index (χ1) is 15.2. The lowest BCUT2D eigenvalue weighted by Crippen LogP contribution is -2.46. The number of likely N-dealkylation sites (tertiary alicyclic amines) is 1. The Balaban J connectivity index is 1.22. The van der Waals surface area contributed by atoms with E-state index in [0.29, 0.717) is 13.2 Å². The molecule has 0 radical (unpaired) electrons. The van der Waals surface area contributed by atoms with Crippen LogP contribution < -0.4 is 10.2 Å². The Hall–Kier alpha value is -1.59. The molecule has 4 saturated heterocycles. The summed E-state index contributed by atoms with van der Waals surface area (Å²) in [5, 5.41) is 3.07. The van der Waals surface area contributed by atoms with Gasteiger partial charge in [0.2, 0.25) is 5.91 Å². The number of piperidine rings is 1. The SMILES string of the molecule is CCCC1CCCN1C1CCN(c2ccc(C3COCCC34CCNC4=O)cc2)CC1. The van der Waals surface area contributed by atoms with Gasteiger partial charge in [0.15, 0.2) is 0 Å². The van der Waals surface area contributed by atoms with Crippen LogP contribution in [0, 0.1) is 5.41 Å². The average Bonchev–Trinajstić information content (AvgIpc) is 3.42. The van der Waals surface area contributed by atoms with Gasteiger partial charge in [0.25, 0.3) is 0 Å². The first kappa shape index (κ1) is 21.3. The van der Waals surface area contributed by atoms with E-state index in [2.05, 4.69) is 46.3 Å². The zero-order valence-electron chi connectivity index (χ0n) is 19.2. The minimum absolute atomic E-state index is 0.175. The van der Waals surface area contributed by atoms with Crippen LogP contribution in [0.4, 0.5) is 5.69 Å². The number of amides is 1. The number of benzene rings is 1. The maximum absolute atomic E-state index is 12.7. The summed E-state index contributed by atoms with van der Waals surface area (Å²) in [6, 6.07) is 10.7. The summed E-state index contributed by atoms with van der Waals surface area (Å²) in [5.74, 6) is 0.407. The average molecular weight is 426 g/mol. The summed E-state index contributed by atoms with van der Waals surface area (Å²) >= 11 is 0. The van der Waals surface area contributed by atoms with Crippen LogP contribution in [-0.2, 0) is 9.53 Å². The molecule has 1 N–H and O–H groups in total.